The summed E-state index contributed by atoms with van der Waals surface area (Å²) in [4.78, 5) is 0. The topological polar surface area (TPSA) is 26.0 Å². The third-order valence-electron chi connectivity index (χ3n) is 2.20. The van der Waals surface area contributed by atoms with Gasteiger partial charge in [0.25, 0.3) is 0 Å². The van der Waals surface area contributed by atoms with Crippen LogP contribution in [0.5, 0.6) is 0 Å². The molecule has 0 rings (SSSR count). The third kappa shape index (κ3) is 2.70. The molecule has 0 radical (unpaired) electrons. The standard InChI is InChI=1S/C9H21N/c1-6-8(7(2)3)9(4,5)10/h7-8H,6,10H2,1-5H3. The highest BCUT2D eigenvalue weighted by Crippen LogP contribution is 2.25. The fourth-order valence-electron chi connectivity index (χ4n) is 1.86. The second kappa shape index (κ2) is 3.38. The highest BCUT2D eigenvalue weighted by atomic mass is 14.7. The van der Waals surface area contributed by atoms with Crippen LogP contribution in [0.25, 0.3) is 0 Å². The molecule has 0 aromatic heterocycles. The molecule has 0 heterocycles. The average Bonchev–Trinajstić information content (AvgIpc) is 1.60. The highest BCUT2D eigenvalue weighted by Gasteiger charge is 2.25. The third-order valence-corrected chi connectivity index (χ3v) is 2.20. The maximum absolute atomic E-state index is 5.99. The lowest BCUT2D eigenvalue weighted by Gasteiger charge is -2.32. The zero-order valence-corrected chi connectivity index (χ0v) is 7.94. The molecule has 1 nitrogen and oxygen atoms in total. The van der Waals surface area contributed by atoms with Crippen molar-refractivity contribution in [3.8, 4) is 0 Å². The minimum Gasteiger partial charge on any atom is -0.325 e. The Hall–Kier alpha value is -0.0400. The Morgan fingerprint density at radius 2 is 1.70 bits per heavy atom. The first-order valence-corrected chi connectivity index (χ1v) is 4.18. The Bertz CT molecular complexity index is 89.4. The summed E-state index contributed by atoms with van der Waals surface area (Å²) in [7, 11) is 0. The average molecular weight is 143 g/mol. The molecule has 0 saturated heterocycles. The van der Waals surface area contributed by atoms with Gasteiger partial charge in [0.2, 0.25) is 0 Å². The van der Waals surface area contributed by atoms with Gasteiger partial charge in [0.15, 0.2) is 0 Å². The van der Waals surface area contributed by atoms with Gasteiger partial charge in [-0.05, 0) is 25.7 Å². The van der Waals surface area contributed by atoms with E-state index in [1.807, 2.05) is 0 Å². The van der Waals surface area contributed by atoms with Gasteiger partial charge in [-0.3, -0.25) is 0 Å². The fourth-order valence-corrected chi connectivity index (χ4v) is 1.86. The van der Waals surface area contributed by atoms with Gasteiger partial charge in [-0.1, -0.05) is 27.2 Å². The molecule has 62 valence electrons. The summed E-state index contributed by atoms with van der Waals surface area (Å²) in [5, 5.41) is 0. The van der Waals surface area contributed by atoms with E-state index in [9.17, 15) is 0 Å². The van der Waals surface area contributed by atoms with Gasteiger partial charge >= 0.3 is 0 Å². The molecule has 0 amide bonds. The molecule has 0 aromatic rings. The summed E-state index contributed by atoms with van der Waals surface area (Å²) < 4.78 is 0. The number of nitrogens with two attached hydrogens (primary N) is 1. The van der Waals surface area contributed by atoms with Crippen molar-refractivity contribution >= 4 is 0 Å². The quantitative estimate of drug-likeness (QED) is 0.645. The van der Waals surface area contributed by atoms with Crippen molar-refractivity contribution in [2.45, 2.75) is 46.6 Å². The lowest BCUT2D eigenvalue weighted by Crippen LogP contribution is -2.43. The number of rotatable bonds is 3. The predicted molar refractivity (Wildman–Crippen MR) is 46.9 cm³/mol. The van der Waals surface area contributed by atoms with Crippen LogP contribution < -0.4 is 5.73 Å². The molecule has 0 aliphatic carbocycles. The van der Waals surface area contributed by atoms with Crippen LogP contribution in [0, 0.1) is 11.8 Å². The number of hydrogen-bond acceptors (Lipinski definition) is 1. The van der Waals surface area contributed by atoms with Gasteiger partial charge in [0.1, 0.15) is 0 Å². The largest absolute Gasteiger partial charge is 0.325 e. The molecule has 1 heteroatoms. The van der Waals surface area contributed by atoms with Gasteiger partial charge in [-0.2, -0.15) is 0 Å². The smallest absolute Gasteiger partial charge is 0.0128 e. The van der Waals surface area contributed by atoms with Crippen molar-refractivity contribution in [1.29, 1.82) is 0 Å². The van der Waals surface area contributed by atoms with Gasteiger partial charge < -0.3 is 5.73 Å². The first-order valence-electron chi connectivity index (χ1n) is 4.18. The fraction of sp³-hybridized carbons (Fsp3) is 1.00. The van der Waals surface area contributed by atoms with Gasteiger partial charge in [-0.15, -0.1) is 0 Å². The highest BCUT2D eigenvalue weighted by molar-refractivity contribution is 4.82. The van der Waals surface area contributed by atoms with E-state index < -0.39 is 0 Å². The number of hydrogen-bond donors (Lipinski definition) is 1. The van der Waals surface area contributed by atoms with Crippen LogP contribution in [-0.4, -0.2) is 5.54 Å². The van der Waals surface area contributed by atoms with Gasteiger partial charge in [0.05, 0.1) is 0 Å². The van der Waals surface area contributed by atoms with Crippen molar-refractivity contribution in [3.63, 3.8) is 0 Å². The van der Waals surface area contributed by atoms with Crippen molar-refractivity contribution in [2.24, 2.45) is 17.6 Å². The maximum atomic E-state index is 5.99. The molecule has 0 spiro atoms. The molecule has 0 bridgehead atoms. The summed E-state index contributed by atoms with van der Waals surface area (Å²) in [6.45, 7) is 10.9. The van der Waals surface area contributed by atoms with E-state index >= 15 is 0 Å². The Morgan fingerprint density at radius 3 is 1.70 bits per heavy atom. The molecule has 0 aromatic carbocycles. The van der Waals surface area contributed by atoms with E-state index in [1.54, 1.807) is 0 Å². The van der Waals surface area contributed by atoms with Crippen LogP contribution in [-0.2, 0) is 0 Å². The minimum absolute atomic E-state index is 0.0110. The Balaban J connectivity index is 4.07. The second-order valence-electron chi connectivity index (χ2n) is 4.08. The van der Waals surface area contributed by atoms with Crippen LogP contribution in [0.3, 0.4) is 0 Å². The van der Waals surface area contributed by atoms with Crippen molar-refractivity contribution in [2.75, 3.05) is 0 Å². The molecular weight excluding hydrogens is 122 g/mol. The van der Waals surface area contributed by atoms with Crippen LogP contribution in [0.4, 0.5) is 0 Å². The van der Waals surface area contributed by atoms with Crippen LogP contribution >= 0.6 is 0 Å². The monoisotopic (exact) mass is 143 g/mol. The van der Waals surface area contributed by atoms with Crippen LogP contribution in [0.15, 0.2) is 0 Å². The lowest BCUT2D eigenvalue weighted by atomic mass is 9.78. The predicted octanol–water partition coefficient (Wildman–Crippen LogP) is 2.41. The molecule has 1 unspecified atom stereocenters. The summed E-state index contributed by atoms with van der Waals surface area (Å²) in [5.41, 5.74) is 5.98. The van der Waals surface area contributed by atoms with Crippen molar-refractivity contribution in [1.82, 2.24) is 0 Å². The Morgan fingerprint density at radius 1 is 1.30 bits per heavy atom. The summed E-state index contributed by atoms with van der Waals surface area (Å²) in [6.07, 6.45) is 1.18. The molecule has 2 N–H and O–H groups in total. The van der Waals surface area contributed by atoms with Crippen LogP contribution in [0.2, 0.25) is 0 Å². The first-order chi connectivity index (χ1) is 4.39. The second-order valence-corrected chi connectivity index (χ2v) is 4.08. The normalized spacial score (nSPS) is 15.9. The van der Waals surface area contributed by atoms with E-state index in [1.165, 1.54) is 6.42 Å². The van der Waals surface area contributed by atoms with Gasteiger partial charge in [-0.25, -0.2) is 0 Å². The lowest BCUT2D eigenvalue weighted by molar-refractivity contribution is 0.236. The molecule has 0 aliphatic heterocycles. The zero-order valence-electron chi connectivity index (χ0n) is 7.94. The van der Waals surface area contributed by atoms with Crippen LogP contribution in [0.1, 0.15) is 41.0 Å². The molecule has 1 atom stereocenters. The van der Waals surface area contributed by atoms with Crippen molar-refractivity contribution in [3.05, 3.63) is 0 Å². The summed E-state index contributed by atoms with van der Waals surface area (Å²) in [6, 6.07) is 0. The van der Waals surface area contributed by atoms with E-state index in [4.69, 9.17) is 5.73 Å². The molecule has 0 saturated carbocycles. The first kappa shape index (κ1) is 9.96. The van der Waals surface area contributed by atoms with E-state index in [-0.39, 0.29) is 5.54 Å². The van der Waals surface area contributed by atoms with Crippen molar-refractivity contribution < 1.29 is 0 Å². The molecule has 0 fully saturated rings. The Labute approximate surface area is 65.0 Å². The molecule has 10 heavy (non-hydrogen) atoms. The van der Waals surface area contributed by atoms with Gasteiger partial charge in [0, 0.05) is 5.54 Å². The summed E-state index contributed by atoms with van der Waals surface area (Å²) >= 11 is 0. The maximum Gasteiger partial charge on any atom is 0.0128 e. The van der Waals surface area contributed by atoms with E-state index in [2.05, 4.69) is 34.6 Å². The SMILES string of the molecule is CCC(C(C)C)C(C)(C)N. The molecule has 0 aliphatic rings. The van der Waals surface area contributed by atoms with E-state index in [0.29, 0.717) is 11.8 Å². The Kier molecular flexibility index (Phi) is 3.37. The van der Waals surface area contributed by atoms with E-state index in [0.717, 1.165) is 0 Å². The summed E-state index contributed by atoms with van der Waals surface area (Å²) in [5.74, 6) is 1.34. The minimum atomic E-state index is -0.0110. The zero-order chi connectivity index (χ0) is 8.36. The molecular formula is C9H21N.